The lowest BCUT2D eigenvalue weighted by atomic mass is 9.69. The number of aliphatic carboxylic acids is 2. The monoisotopic (exact) mass is 222 g/mol. The molecular weight excluding hydrogens is 208 g/mol. The highest BCUT2D eigenvalue weighted by molar-refractivity contribution is 6.13. The lowest BCUT2D eigenvalue weighted by Gasteiger charge is -2.34. The van der Waals surface area contributed by atoms with Crippen LogP contribution in [0.15, 0.2) is 22.8 Å². The summed E-state index contributed by atoms with van der Waals surface area (Å²) < 4.78 is 0. The molecule has 0 bridgehead atoms. The first-order valence-corrected chi connectivity index (χ1v) is 5.43. The first-order chi connectivity index (χ1) is 7.54. The van der Waals surface area contributed by atoms with Crippen LogP contribution >= 0.6 is 0 Å². The molecule has 2 rings (SSSR count). The number of hydrogen-bond acceptors (Lipinski definition) is 2. The summed E-state index contributed by atoms with van der Waals surface area (Å²) in [5.41, 5.74) is 1.49. The van der Waals surface area contributed by atoms with Gasteiger partial charge in [0.2, 0.25) is 0 Å². The Hall–Kier alpha value is -1.58. The Morgan fingerprint density at radius 2 is 1.94 bits per heavy atom. The quantitative estimate of drug-likeness (QED) is 0.330. The molecule has 0 aromatic heterocycles. The molecule has 2 N–H and O–H groups in total. The van der Waals surface area contributed by atoms with E-state index in [1.54, 1.807) is 0 Å². The molecule has 4 nitrogen and oxygen atoms in total. The molecule has 2 aliphatic carbocycles. The lowest BCUT2D eigenvalue weighted by molar-refractivity contribution is -0.140. The van der Waals surface area contributed by atoms with Crippen molar-refractivity contribution in [2.75, 3.05) is 0 Å². The summed E-state index contributed by atoms with van der Waals surface area (Å²) in [6.07, 6.45) is 4.64. The molecule has 0 amide bonds. The second-order valence-electron chi connectivity index (χ2n) is 4.38. The molecule has 1 saturated carbocycles. The Kier molecular flexibility index (Phi) is 2.58. The molecule has 0 aliphatic heterocycles. The molecule has 0 saturated heterocycles. The van der Waals surface area contributed by atoms with E-state index in [2.05, 4.69) is 13.0 Å². The maximum atomic E-state index is 10.9. The van der Waals surface area contributed by atoms with Gasteiger partial charge < -0.3 is 10.2 Å². The van der Waals surface area contributed by atoms with Crippen molar-refractivity contribution in [1.82, 2.24) is 0 Å². The van der Waals surface area contributed by atoms with E-state index < -0.39 is 17.5 Å². The van der Waals surface area contributed by atoms with E-state index >= 15 is 0 Å². The third-order valence-corrected chi connectivity index (χ3v) is 3.53. The third-order valence-electron chi connectivity index (χ3n) is 3.53. The molecule has 16 heavy (non-hydrogen) atoms. The molecule has 0 spiro atoms. The Bertz CT molecular complexity index is 401. The first kappa shape index (κ1) is 10.9. The summed E-state index contributed by atoms with van der Waals surface area (Å²) in [6, 6.07) is 0. The Balaban J connectivity index is 2.30. The van der Waals surface area contributed by atoms with Gasteiger partial charge in [0.1, 0.15) is 5.57 Å². The van der Waals surface area contributed by atoms with Crippen molar-refractivity contribution in [2.24, 2.45) is 11.8 Å². The van der Waals surface area contributed by atoms with Crippen LogP contribution in [0.2, 0.25) is 0 Å². The largest absolute Gasteiger partial charge is 0.477 e. The summed E-state index contributed by atoms with van der Waals surface area (Å²) in [4.78, 5) is 21.7. The van der Waals surface area contributed by atoms with Crippen LogP contribution in [0.3, 0.4) is 0 Å². The smallest absolute Gasteiger partial charge is 0.343 e. The molecule has 2 atom stereocenters. The molecule has 2 aliphatic rings. The number of carboxylic acid groups (broad SMARTS) is 2. The second-order valence-corrected chi connectivity index (χ2v) is 4.38. The molecule has 0 unspecified atom stereocenters. The average Bonchev–Trinajstić information content (AvgIpc) is 2.50. The minimum absolute atomic E-state index is 0.0668. The minimum atomic E-state index is -1.32. The maximum absolute atomic E-state index is 10.9. The third kappa shape index (κ3) is 1.54. The van der Waals surface area contributed by atoms with Crippen molar-refractivity contribution in [3.8, 4) is 0 Å². The number of carbonyl (C=O) groups is 2. The second kappa shape index (κ2) is 3.77. The van der Waals surface area contributed by atoms with Crippen molar-refractivity contribution in [3.05, 3.63) is 22.8 Å². The van der Waals surface area contributed by atoms with Crippen molar-refractivity contribution in [1.29, 1.82) is 0 Å². The van der Waals surface area contributed by atoms with Gasteiger partial charge in [-0.25, -0.2) is 9.59 Å². The van der Waals surface area contributed by atoms with Gasteiger partial charge in [-0.2, -0.15) is 0 Å². The van der Waals surface area contributed by atoms with Gasteiger partial charge in [0.05, 0.1) is 0 Å². The van der Waals surface area contributed by atoms with Crippen molar-refractivity contribution >= 4 is 11.9 Å². The molecule has 0 heterocycles. The van der Waals surface area contributed by atoms with Crippen molar-refractivity contribution in [2.45, 2.75) is 26.2 Å². The summed E-state index contributed by atoms with van der Waals surface area (Å²) in [5, 5.41) is 17.7. The normalized spacial score (nSPS) is 26.8. The number of allylic oxidation sites excluding steroid dienone is 3. The highest BCUT2D eigenvalue weighted by Gasteiger charge is 2.43. The van der Waals surface area contributed by atoms with Crippen LogP contribution in [0.5, 0.6) is 0 Å². The maximum Gasteiger partial charge on any atom is 0.343 e. The molecule has 0 aromatic rings. The minimum Gasteiger partial charge on any atom is -0.477 e. The zero-order valence-electron chi connectivity index (χ0n) is 9.06. The highest BCUT2D eigenvalue weighted by atomic mass is 16.4. The van der Waals surface area contributed by atoms with E-state index in [9.17, 15) is 9.59 Å². The van der Waals surface area contributed by atoms with Crippen molar-refractivity contribution in [3.63, 3.8) is 0 Å². The Morgan fingerprint density at radius 3 is 2.44 bits per heavy atom. The fourth-order valence-corrected chi connectivity index (χ4v) is 2.66. The van der Waals surface area contributed by atoms with Crippen LogP contribution < -0.4 is 0 Å². The molecule has 0 radical (unpaired) electrons. The fraction of sp³-hybridized carbons (Fsp3) is 0.500. The first-order valence-electron chi connectivity index (χ1n) is 5.43. The van der Waals surface area contributed by atoms with E-state index in [1.807, 2.05) is 0 Å². The van der Waals surface area contributed by atoms with E-state index in [0.717, 1.165) is 12.8 Å². The van der Waals surface area contributed by atoms with Gasteiger partial charge in [-0.15, -0.1) is 0 Å². The standard InChI is InChI=1S/C12H14O4/c1-2-6-3-7-5-9(8(7)4-6)10(11(13)14)12(15)16/h4,7-8H,2-3,5H2,1H3,(H,13,14)(H,15,16)/t7-,8+/m0/s1. The van der Waals surface area contributed by atoms with Gasteiger partial charge in [0, 0.05) is 5.92 Å². The van der Waals surface area contributed by atoms with E-state index in [1.165, 1.54) is 5.57 Å². The SMILES string of the molecule is CCC1=C[C@H]2C(=C(C(=O)O)C(=O)O)C[C@@H]2C1. The topological polar surface area (TPSA) is 74.6 Å². The van der Waals surface area contributed by atoms with Crippen LogP contribution in [0.4, 0.5) is 0 Å². The summed E-state index contributed by atoms with van der Waals surface area (Å²) >= 11 is 0. The molecular formula is C12H14O4. The molecule has 0 aromatic carbocycles. The zero-order chi connectivity index (χ0) is 11.9. The zero-order valence-corrected chi connectivity index (χ0v) is 9.06. The molecule has 4 heteroatoms. The van der Waals surface area contributed by atoms with Gasteiger partial charge in [-0.05, 0) is 30.8 Å². The Labute approximate surface area is 93.3 Å². The average molecular weight is 222 g/mol. The van der Waals surface area contributed by atoms with Gasteiger partial charge in [-0.1, -0.05) is 18.6 Å². The number of rotatable bonds is 3. The molecule has 86 valence electrons. The van der Waals surface area contributed by atoms with E-state index in [0.29, 0.717) is 17.9 Å². The van der Waals surface area contributed by atoms with Gasteiger partial charge in [-0.3, -0.25) is 0 Å². The summed E-state index contributed by atoms with van der Waals surface area (Å²) in [5.74, 6) is -2.13. The van der Waals surface area contributed by atoms with Gasteiger partial charge in [0.15, 0.2) is 0 Å². The van der Waals surface area contributed by atoms with E-state index in [4.69, 9.17) is 10.2 Å². The van der Waals surface area contributed by atoms with E-state index in [-0.39, 0.29) is 5.92 Å². The van der Waals surface area contributed by atoms with Crippen LogP contribution in [-0.4, -0.2) is 22.2 Å². The number of hydrogen-bond donors (Lipinski definition) is 2. The summed E-state index contributed by atoms with van der Waals surface area (Å²) in [7, 11) is 0. The van der Waals surface area contributed by atoms with Crippen LogP contribution in [0.1, 0.15) is 26.2 Å². The highest BCUT2D eigenvalue weighted by Crippen LogP contribution is 2.51. The van der Waals surface area contributed by atoms with Gasteiger partial charge >= 0.3 is 11.9 Å². The van der Waals surface area contributed by atoms with Crippen molar-refractivity contribution < 1.29 is 19.8 Å². The van der Waals surface area contributed by atoms with Crippen LogP contribution in [0, 0.1) is 11.8 Å². The predicted molar refractivity (Wildman–Crippen MR) is 56.9 cm³/mol. The molecule has 1 fully saturated rings. The number of carboxylic acids is 2. The van der Waals surface area contributed by atoms with Crippen LogP contribution in [-0.2, 0) is 9.59 Å². The Morgan fingerprint density at radius 1 is 1.31 bits per heavy atom. The number of fused-ring (bicyclic) bond motifs is 1. The van der Waals surface area contributed by atoms with Crippen LogP contribution in [0.25, 0.3) is 0 Å². The lowest BCUT2D eigenvalue weighted by Crippen LogP contribution is -2.29. The summed E-state index contributed by atoms with van der Waals surface area (Å²) in [6.45, 7) is 2.06. The van der Waals surface area contributed by atoms with Gasteiger partial charge in [0.25, 0.3) is 0 Å². The fourth-order valence-electron chi connectivity index (χ4n) is 2.66. The predicted octanol–water partition coefficient (Wildman–Crippen LogP) is 1.83.